The number of ether oxygens (including phenoxy) is 1. The molecule has 2 atom stereocenters. The molecule has 1 heterocycles. The van der Waals surface area contributed by atoms with Crippen molar-refractivity contribution in [2.75, 3.05) is 19.8 Å². The number of benzene rings is 1. The minimum Gasteiger partial charge on any atom is -0.480 e. The first-order valence-corrected chi connectivity index (χ1v) is 6.75. The lowest BCUT2D eigenvalue weighted by molar-refractivity contribution is -0.158. The molecule has 1 aliphatic rings. The molecule has 0 spiro atoms. The SMILES string of the molecule is CC(C(=O)N1CCOCC1C(=O)O)c1cccc(Cl)c1. The van der Waals surface area contributed by atoms with Crippen LogP contribution in [0.1, 0.15) is 18.4 Å². The van der Waals surface area contributed by atoms with Gasteiger partial charge in [0, 0.05) is 11.6 Å². The zero-order valence-corrected chi connectivity index (χ0v) is 11.8. The minimum absolute atomic E-state index is 0.0311. The fraction of sp³-hybridized carbons (Fsp3) is 0.429. The third-order valence-corrected chi connectivity index (χ3v) is 3.65. The van der Waals surface area contributed by atoms with Gasteiger partial charge in [-0.25, -0.2) is 4.79 Å². The monoisotopic (exact) mass is 297 g/mol. The number of carboxylic acids is 1. The molecule has 1 amide bonds. The van der Waals surface area contributed by atoms with Crippen LogP contribution in [0.2, 0.25) is 5.02 Å². The highest BCUT2D eigenvalue weighted by Crippen LogP contribution is 2.23. The second-order valence-corrected chi connectivity index (χ2v) is 5.17. The molecule has 0 aliphatic carbocycles. The van der Waals surface area contributed by atoms with E-state index in [1.807, 2.05) is 6.07 Å². The Labute approximate surface area is 122 Å². The van der Waals surface area contributed by atoms with E-state index < -0.39 is 17.9 Å². The highest BCUT2D eigenvalue weighted by Gasteiger charge is 2.35. The average Bonchev–Trinajstić information content (AvgIpc) is 2.45. The smallest absolute Gasteiger partial charge is 0.328 e. The number of rotatable bonds is 3. The van der Waals surface area contributed by atoms with Crippen molar-refractivity contribution in [2.45, 2.75) is 18.9 Å². The Hall–Kier alpha value is -1.59. The number of carboxylic acid groups (broad SMARTS) is 1. The first-order chi connectivity index (χ1) is 9.50. The van der Waals surface area contributed by atoms with Crippen molar-refractivity contribution < 1.29 is 19.4 Å². The van der Waals surface area contributed by atoms with E-state index in [0.717, 1.165) is 5.56 Å². The normalized spacial score (nSPS) is 20.5. The van der Waals surface area contributed by atoms with E-state index in [-0.39, 0.29) is 12.5 Å². The van der Waals surface area contributed by atoms with Crippen LogP contribution in [0.3, 0.4) is 0 Å². The number of halogens is 1. The summed E-state index contributed by atoms with van der Waals surface area (Å²) in [6, 6.07) is 6.12. The molecule has 108 valence electrons. The molecule has 6 heteroatoms. The predicted molar refractivity (Wildman–Crippen MR) is 73.8 cm³/mol. The number of carbonyl (C=O) groups is 2. The molecule has 1 fully saturated rings. The minimum atomic E-state index is -1.05. The largest absolute Gasteiger partial charge is 0.480 e. The fourth-order valence-electron chi connectivity index (χ4n) is 2.24. The van der Waals surface area contributed by atoms with Gasteiger partial charge in [0.05, 0.1) is 19.1 Å². The van der Waals surface area contributed by atoms with Crippen LogP contribution in [0.4, 0.5) is 0 Å². The lowest BCUT2D eigenvalue weighted by Crippen LogP contribution is -2.53. The van der Waals surface area contributed by atoms with Gasteiger partial charge >= 0.3 is 5.97 Å². The van der Waals surface area contributed by atoms with Gasteiger partial charge in [-0.3, -0.25) is 4.79 Å². The lowest BCUT2D eigenvalue weighted by atomic mass is 9.98. The zero-order chi connectivity index (χ0) is 14.7. The van der Waals surface area contributed by atoms with Crippen molar-refractivity contribution in [3.05, 3.63) is 34.9 Å². The van der Waals surface area contributed by atoms with Gasteiger partial charge in [-0.1, -0.05) is 23.7 Å². The second kappa shape index (κ2) is 6.24. The van der Waals surface area contributed by atoms with Crippen LogP contribution in [0.5, 0.6) is 0 Å². The van der Waals surface area contributed by atoms with Crippen LogP contribution in [0.25, 0.3) is 0 Å². The van der Waals surface area contributed by atoms with Gasteiger partial charge in [-0.15, -0.1) is 0 Å². The maximum atomic E-state index is 12.5. The van der Waals surface area contributed by atoms with E-state index in [1.54, 1.807) is 25.1 Å². The molecule has 0 saturated carbocycles. The maximum Gasteiger partial charge on any atom is 0.328 e. The van der Waals surface area contributed by atoms with Gasteiger partial charge in [-0.2, -0.15) is 0 Å². The van der Waals surface area contributed by atoms with Gasteiger partial charge in [-0.05, 0) is 24.6 Å². The fourth-order valence-corrected chi connectivity index (χ4v) is 2.44. The third kappa shape index (κ3) is 3.11. The van der Waals surface area contributed by atoms with Crippen LogP contribution in [-0.2, 0) is 14.3 Å². The van der Waals surface area contributed by atoms with E-state index >= 15 is 0 Å². The molecular formula is C14H16ClNO4. The third-order valence-electron chi connectivity index (χ3n) is 3.42. The van der Waals surface area contributed by atoms with Gasteiger partial charge in [0.25, 0.3) is 0 Å². The number of amides is 1. The highest BCUT2D eigenvalue weighted by atomic mass is 35.5. The Balaban J connectivity index is 2.18. The maximum absolute atomic E-state index is 12.5. The molecule has 1 aliphatic heterocycles. The molecule has 1 N–H and O–H groups in total. The molecule has 1 saturated heterocycles. The summed E-state index contributed by atoms with van der Waals surface area (Å²) in [6.07, 6.45) is 0. The molecule has 1 aromatic rings. The van der Waals surface area contributed by atoms with E-state index in [4.69, 9.17) is 21.4 Å². The number of nitrogens with zero attached hydrogens (tertiary/aromatic N) is 1. The molecule has 0 aromatic heterocycles. The average molecular weight is 298 g/mol. The molecule has 0 radical (unpaired) electrons. The van der Waals surface area contributed by atoms with Crippen molar-refractivity contribution in [1.29, 1.82) is 0 Å². The Kier molecular flexibility index (Phi) is 4.62. The van der Waals surface area contributed by atoms with Crippen molar-refractivity contribution >= 4 is 23.5 Å². The van der Waals surface area contributed by atoms with Crippen LogP contribution in [0.15, 0.2) is 24.3 Å². The molecule has 5 nitrogen and oxygen atoms in total. The summed E-state index contributed by atoms with van der Waals surface area (Å²) in [5, 5.41) is 9.71. The van der Waals surface area contributed by atoms with E-state index in [9.17, 15) is 9.59 Å². The number of hydrogen-bond acceptors (Lipinski definition) is 3. The Bertz CT molecular complexity index is 520. The number of morpholine rings is 1. The summed E-state index contributed by atoms with van der Waals surface area (Å²) in [6.45, 7) is 2.43. The predicted octanol–water partition coefficient (Wildman–Crippen LogP) is 1.76. The summed E-state index contributed by atoms with van der Waals surface area (Å²) < 4.78 is 5.13. The number of carbonyl (C=O) groups excluding carboxylic acids is 1. The standard InChI is InChI=1S/C14H16ClNO4/c1-9(10-3-2-4-11(15)7-10)13(17)16-5-6-20-8-12(16)14(18)19/h2-4,7,9,12H,5-6,8H2,1H3,(H,18,19). The van der Waals surface area contributed by atoms with Gasteiger partial charge in [0.1, 0.15) is 0 Å². The van der Waals surface area contributed by atoms with E-state index in [1.165, 1.54) is 4.90 Å². The lowest BCUT2D eigenvalue weighted by Gasteiger charge is -2.34. The molecule has 2 rings (SSSR count). The van der Waals surface area contributed by atoms with Gasteiger partial charge in [0.15, 0.2) is 6.04 Å². The topological polar surface area (TPSA) is 66.8 Å². The summed E-state index contributed by atoms with van der Waals surface area (Å²) in [5.41, 5.74) is 0.776. The van der Waals surface area contributed by atoms with Crippen molar-refractivity contribution in [1.82, 2.24) is 4.90 Å². The van der Waals surface area contributed by atoms with Crippen LogP contribution < -0.4 is 0 Å². The first-order valence-electron chi connectivity index (χ1n) is 6.37. The van der Waals surface area contributed by atoms with Gasteiger partial charge in [0.2, 0.25) is 5.91 Å². The van der Waals surface area contributed by atoms with Gasteiger partial charge < -0.3 is 14.7 Å². The first kappa shape index (κ1) is 14.8. The summed E-state index contributed by atoms with van der Waals surface area (Å²) in [5.74, 6) is -1.70. The molecule has 2 unspecified atom stereocenters. The zero-order valence-electron chi connectivity index (χ0n) is 11.1. The quantitative estimate of drug-likeness (QED) is 0.923. The summed E-state index contributed by atoms with van der Waals surface area (Å²) in [4.78, 5) is 25.0. The van der Waals surface area contributed by atoms with E-state index in [0.29, 0.717) is 18.2 Å². The van der Waals surface area contributed by atoms with Crippen molar-refractivity contribution in [3.63, 3.8) is 0 Å². The molecule has 20 heavy (non-hydrogen) atoms. The Morgan fingerprint density at radius 2 is 2.25 bits per heavy atom. The molecule has 0 bridgehead atoms. The van der Waals surface area contributed by atoms with Crippen LogP contribution in [0, 0.1) is 0 Å². The van der Waals surface area contributed by atoms with E-state index in [2.05, 4.69) is 0 Å². The molecule has 1 aromatic carbocycles. The summed E-state index contributed by atoms with van der Waals surface area (Å²) in [7, 11) is 0. The number of aliphatic carboxylic acids is 1. The highest BCUT2D eigenvalue weighted by molar-refractivity contribution is 6.30. The van der Waals surface area contributed by atoms with Crippen LogP contribution in [-0.4, -0.2) is 47.7 Å². The van der Waals surface area contributed by atoms with Crippen molar-refractivity contribution in [3.8, 4) is 0 Å². The molecular weight excluding hydrogens is 282 g/mol. The Morgan fingerprint density at radius 3 is 2.90 bits per heavy atom. The Morgan fingerprint density at radius 1 is 1.50 bits per heavy atom. The van der Waals surface area contributed by atoms with Crippen LogP contribution >= 0.6 is 11.6 Å². The second-order valence-electron chi connectivity index (χ2n) is 4.74. The van der Waals surface area contributed by atoms with Crippen molar-refractivity contribution in [2.24, 2.45) is 0 Å². The number of hydrogen-bond donors (Lipinski definition) is 1. The summed E-state index contributed by atoms with van der Waals surface area (Å²) >= 11 is 5.92.